The normalized spacial score (nSPS) is 10.2. The van der Waals surface area contributed by atoms with Gasteiger partial charge >= 0.3 is 0 Å². The highest BCUT2D eigenvalue weighted by Gasteiger charge is 2.12. The van der Waals surface area contributed by atoms with Gasteiger partial charge in [-0.2, -0.15) is 0 Å². The first-order chi connectivity index (χ1) is 10.2. The molecule has 0 atom stereocenters. The van der Waals surface area contributed by atoms with Crippen LogP contribution in [0.1, 0.15) is 16.1 Å². The zero-order valence-electron chi connectivity index (χ0n) is 11.4. The largest absolute Gasteiger partial charge is 0.487 e. The number of nitrogens with zero attached hydrogens (tertiary/aromatic N) is 1. The van der Waals surface area contributed by atoms with Gasteiger partial charge in [-0.3, -0.25) is 4.79 Å². The van der Waals surface area contributed by atoms with E-state index in [1.54, 1.807) is 6.07 Å². The molecular formula is C15H16ClN3O2. The fourth-order valence-electron chi connectivity index (χ4n) is 1.68. The Labute approximate surface area is 128 Å². The Bertz CT molecular complexity index is 605. The van der Waals surface area contributed by atoms with E-state index in [1.165, 1.54) is 6.20 Å². The number of hydrogen-bond donors (Lipinski definition) is 2. The molecular weight excluding hydrogens is 290 g/mol. The van der Waals surface area contributed by atoms with E-state index in [1.807, 2.05) is 30.3 Å². The summed E-state index contributed by atoms with van der Waals surface area (Å²) in [6.07, 6.45) is 1.48. The van der Waals surface area contributed by atoms with E-state index in [9.17, 15) is 4.79 Å². The molecule has 0 saturated heterocycles. The van der Waals surface area contributed by atoms with Gasteiger partial charge in [0.15, 0.2) is 0 Å². The summed E-state index contributed by atoms with van der Waals surface area (Å²) in [6, 6.07) is 11.3. The van der Waals surface area contributed by atoms with Crippen LogP contribution in [0.3, 0.4) is 0 Å². The van der Waals surface area contributed by atoms with Crippen molar-refractivity contribution in [2.45, 2.75) is 6.61 Å². The summed E-state index contributed by atoms with van der Waals surface area (Å²) in [5, 5.41) is 2.86. The average Bonchev–Trinajstić information content (AvgIpc) is 2.51. The van der Waals surface area contributed by atoms with Crippen molar-refractivity contribution in [3.63, 3.8) is 0 Å². The fourth-order valence-corrected chi connectivity index (χ4v) is 1.92. The highest BCUT2D eigenvalue weighted by molar-refractivity contribution is 6.33. The molecule has 6 heteroatoms. The molecule has 1 heterocycles. The van der Waals surface area contributed by atoms with Crippen LogP contribution < -0.4 is 15.8 Å². The molecule has 0 aliphatic heterocycles. The minimum atomic E-state index is -0.347. The SMILES string of the molecule is NCCNC(=O)c1ncc(OCc2ccccc2)cc1Cl. The topological polar surface area (TPSA) is 77.2 Å². The molecule has 21 heavy (non-hydrogen) atoms. The quantitative estimate of drug-likeness (QED) is 0.856. The molecule has 2 aromatic rings. The van der Waals surface area contributed by atoms with Gasteiger partial charge < -0.3 is 15.8 Å². The fraction of sp³-hybridized carbons (Fsp3) is 0.200. The van der Waals surface area contributed by atoms with Gasteiger partial charge in [-0.1, -0.05) is 41.9 Å². The predicted octanol–water partition coefficient (Wildman–Crippen LogP) is 2.00. The zero-order chi connectivity index (χ0) is 15.1. The smallest absolute Gasteiger partial charge is 0.271 e. The Morgan fingerprint density at radius 1 is 1.33 bits per heavy atom. The van der Waals surface area contributed by atoms with Gasteiger partial charge in [0, 0.05) is 19.2 Å². The van der Waals surface area contributed by atoms with Crippen molar-refractivity contribution in [3.05, 3.63) is 58.9 Å². The monoisotopic (exact) mass is 305 g/mol. The molecule has 0 radical (unpaired) electrons. The number of carbonyl (C=O) groups excluding carboxylic acids is 1. The first kappa shape index (κ1) is 15.3. The highest BCUT2D eigenvalue weighted by atomic mass is 35.5. The number of amides is 1. The third-order valence-corrected chi connectivity index (χ3v) is 3.00. The van der Waals surface area contributed by atoms with Crippen LogP contribution in [0.2, 0.25) is 5.02 Å². The van der Waals surface area contributed by atoms with Gasteiger partial charge in [0.05, 0.1) is 11.2 Å². The number of ether oxygens (including phenoxy) is 1. The van der Waals surface area contributed by atoms with Gasteiger partial charge in [-0.15, -0.1) is 0 Å². The molecule has 3 N–H and O–H groups in total. The minimum absolute atomic E-state index is 0.164. The lowest BCUT2D eigenvalue weighted by Gasteiger charge is -2.08. The van der Waals surface area contributed by atoms with Crippen molar-refractivity contribution < 1.29 is 9.53 Å². The first-order valence-electron chi connectivity index (χ1n) is 6.51. The maximum Gasteiger partial charge on any atom is 0.271 e. The number of pyridine rings is 1. The van der Waals surface area contributed by atoms with Crippen LogP contribution in [-0.2, 0) is 6.61 Å². The summed E-state index contributed by atoms with van der Waals surface area (Å²) in [5.41, 5.74) is 6.53. The molecule has 0 bridgehead atoms. The van der Waals surface area contributed by atoms with E-state index < -0.39 is 0 Å². The molecule has 0 unspecified atom stereocenters. The third-order valence-electron chi connectivity index (χ3n) is 2.71. The maximum absolute atomic E-state index is 11.8. The van der Waals surface area contributed by atoms with Crippen LogP contribution in [0.4, 0.5) is 0 Å². The number of hydrogen-bond acceptors (Lipinski definition) is 4. The van der Waals surface area contributed by atoms with Crippen LogP contribution in [0.5, 0.6) is 5.75 Å². The lowest BCUT2D eigenvalue weighted by Crippen LogP contribution is -2.29. The Balaban J connectivity index is 2.00. The van der Waals surface area contributed by atoms with Crippen LogP contribution in [0, 0.1) is 0 Å². The molecule has 0 spiro atoms. The van der Waals surface area contributed by atoms with E-state index in [0.717, 1.165) is 5.56 Å². The van der Waals surface area contributed by atoms with Crippen molar-refractivity contribution in [1.82, 2.24) is 10.3 Å². The van der Waals surface area contributed by atoms with Crippen molar-refractivity contribution in [1.29, 1.82) is 0 Å². The van der Waals surface area contributed by atoms with Crippen LogP contribution in [0.15, 0.2) is 42.6 Å². The van der Waals surface area contributed by atoms with E-state index in [4.69, 9.17) is 22.1 Å². The Morgan fingerprint density at radius 2 is 2.10 bits per heavy atom. The number of nitrogens with one attached hydrogen (secondary N) is 1. The third kappa shape index (κ3) is 4.44. The van der Waals surface area contributed by atoms with E-state index in [2.05, 4.69) is 10.3 Å². The number of halogens is 1. The predicted molar refractivity (Wildman–Crippen MR) is 81.4 cm³/mol. The number of benzene rings is 1. The first-order valence-corrected chi connectivity index (χ1v) is 6.89. The number of aromatic nitrogens is 1. The highest BCUT2D eigenvalue weighted by Crippen LogP contribution is 2.21. The van der Waals surface area contributed by atoms with Crippen LogP contribution in [0.25, 0.3) is 0 Å². The molecule has 0 aliphatic carbocycles. The summed E-state index contributed by atoms with van der Waals surface area (Å²) in [5.74, 6) is 0.166. The van der Waals surface area contributed by atoms with Gasteiger partial charge in [-0.25, -0.2) is 4.98 Å². The lowest BCUT2D eigenvalue weighted by molar-refractivity contribution is 0.0950. The Morgan fingerprint density at radius 3 is 2.76 bits per heavy atom. The van der Waals surface area contributed by atoms with Gasteiger partial charge in [0.2, 0.25) is 0 Å². The zero-order valence-corrected chi connectivity index (χ0v) is 12.1. The molecule has 1 aromatic heterocycles. The summed E-state index contributed by atoms with van der Waals surface area (Å²) >= 11 is 6.05. The molecule has 0 fully saturated rings. The van der Waals surface area contributed by atoms with Crippen molar-refractivity contribution in [2.24, 2.45) is 5.73 Å². The molecule has 1 aromatic carbocycles. The van der Waals surface area contributed by atoms with Gasteiger partial charge in [-0.05, 0) is 5.56 Å². The van der Waals surface area contributed by atoms with E-state index >= 15 is 0 Å². The number of nitrogens with two attached hydrogens (primary N) is 1. The number of carbonyl (C=O) groups is 1. The van der Waals surface area contributed by atoms with Crippen LogP contribution in [-0.4, -0.2) is 24.0 Å². The molecule has 2 rings (SSSR count). The van der Waals surface area contributed by atoms with Crippen LogP contribution >= 0.6 is 11.6 Å². The molecule has 5 nitrogen and oxygen atoms in total. The van der Waals surface area contributed by atoms with Gasteiger partial charge in [0.25, 0.3) is 5.91 Å². The number of rotatable bonds is 6. The van der Waals surface area contributed by atoms with E-state index in [-0.39, 0.29) is 16.6 Å². The summed E-state index contributed by atoms with van der Waals surface area (Å²) in [7, 11) is 0. The second-order valence-corrected chi connectivity index (χ2v) is 4.73. The Hall–Kier alpha value is -2.11. The second-order valence-electron chi connectivity index (χ2n) is 4.32. The Kier molecular flexibility index (Phi) is 5.54. The average molecular weight is 306 g/mol. The van der Waals surface area contributed by atoms with Crippen molar-refractivity contribution >= 4 is 17.5 Å². The lowest BCUT2D eigenvalue weighted by atomic mass is 10.2. The van der Waals surface area contributed by atoms with E-state index in [0.29, 0.717) is 25.4 Å². The molecule has 110 valence electrons. The van der Waals surface area contributed by atoms with Crippen molar-refractivity contribution in [3.8, 4) is 5.75 Å². The molecule has 0 saturated carbocycles. The van der Waals surface area contributed by atoms with Crippen molar-refractivity contribution in [2.75, 3.05) is 13.1 Å². The minimum Gasteiger partial charge on any atom is -0.487 e. The summed E-state index contributed by atoms with van der Waals surface area (Å²) < 4.78 is 5.59. The standard InChI is InChI=1S/C15H16ClN3O2/c16-13-8-12(21-10-11-4-2-1-3-5-11)9-19-14(13)15(20)18-7-6-17/h1-5,8-9H,6-7,10,17H2,(H,18,20). The van der Waals surface area contributed by atoms with Gasteiger partial charge in [0.1, 0.15) is 18.1 Å². The second kappa shape index (κ2) is 7.61. The summed E-state index contributed by atoms with van der Waals surface area (Å²) in [4.78, 5) is 15.8. The molecule has 1 amide bonds. The summed E-state index contributed by atoms with van der Waals surface area (Å²) in [6.45, 7) is 1.16. The maximum atomic E-state index is 11.8. The molecule has 0 aliphatic rings.